The summed E-state index contributed by atoms with van der Waals surface area (Å²) in [6.07, 6.45) is 6.45. The number of nitrogens with one attached hydrogen (secondary N) is 1. The SMILES string of the molecule is Cc1ccccc1NC(=O)COc1c(Br)cc(C=Nn2c(C3CCCCC3)nc3ccc(Br)cc3c2=O)cc1[N+](=O)[O-]. The van der Waals surface area contributed by atoms with Crippen LogP contribution in [0.2, 0.25) is 0 Å². The standard InChI is InChI=1S/C30H27Br2N5O5/c1-18-7-5-6-10-24(18)34-27(38)17-42-28-23(32)13-19(14-26(28)37(40)41)16-33-36-29(20-8-3-2-4-9-20)35-25-12-11-21(31)15-22(25)30(36)39/h5-7,10-16,20H,2-4,8-9,17H2,1H3,(H,34,38). The predicted molar refractivity (Wildman–Crippen MR) is 169 cm³/mol. The van der Waals surface area contributed by atoms with Gasteiger partial charge in [-0.3, -0.25) is 19.7 Å². The predicted octanol–water partition coefficient (Wildman–Crippen LogP) is 7.09. The molecule has 0 radical (unpaired) electrons. The van der Waals surface area contributed by atoms with Crippen molar-refractivity contribution in [2.24, 2.45) is 5.10 Å². The zero-order valence-electron chi connectivity index (χ0n) is 22.7. The number of hydrogen-bond acceptors (Lipinski definition) is 7. The molecular formula is C30H27Br2N5O5. The van der Waals surface area contributed by atoms with Gasteiger partial charge in [0.1, 0.15) is 5.82 Å². The van der Waals surface area contributed by atoms with Crippen LogP contribution in [-0.4, -0.2) is 33.3 Å². The van der Waals surface area contributed by atoms with E-state index in [4.69, 9.17) is 9.72 Å². The van der Waals surface area contributed by atoms with Gasteiger partial charge in [-0.25, -0.2) is 4.98 Å². The number of aryl methyl sites for hydroxylation is 1. The molecule has 10 nitrogen and oxygen atoms in total. The first-order valence-electron chi connectivity index (χ1n) is 13.4. The molecular weight excluding hydrogens is 670 g/mol. The first-order valence-corrected chi connectivity index (χ1v) is 15.0. The van der Waals surface area contributed by atoms with Crippen LogP contribution in [-0.2, 0) is 4.79 Å². The zero-order valence-corrected chi connectivity index (χ0v) is 25.9. The normalized spacial score (nSPS) is 13.9. The molecule has 1 heterocycles. The minimum Gasteiger partial charge on any atom is -0.476 e. The maximum atomic E-state index is 13.6. The average molecular weight is 697 g/mol. The number of amides is 1. The Kier molecular flexibility index (Phi) is 9.12. The number of hydrogen-bond donors (Lipinski definition) is 1. The summed E-state index contributed by atoms with van der Waals surface area (Å²) in [5.41, 5.74) is 1.80. The number of benzene rings is 3. The fourth-order valence-corrected chi connectivity index (χ4v) is 5.96. The minimum absolute atomic E-state index is 0.0827. The van der Waals surface area contributed by atoms with Crippen LogP contribution in [0.3, 0.4) is 0 Å². The number of nitrogens with zero attached hydrogens (tertiary/aromatic N) is 4. The van der Waals surface area contributed by atoms with Gasteiger partial charge >= 0.3 is 5.69 Å². The van der Waals surface area contributed by atoms with Gasteiger partial charge in [0.05, 0.1) is 26.5 Å². The molecule has 0 bridgehead atoms. The van der Waals surface area contributed by atoms with Crippen LogP contribution in [0.4, 0.5) is 11.4 Å². The lowest BCUT2D eigenvalue weighted by Crippen LogP contribution is -2.25. The van der Waals surface area contributed by atoms with Gasteiger partial charge in [0, 0.05) is 27.7 Å². The van der Waals surface area contributed by atoms with Crippen LogP contribution in [0.5, 0.6) is 5.75 Å². The number of fused-ring (bicyclic) bond motifs is 1. The van der Waals surface area contributed by atoms with Gasteiger partial charge in [0.25, 0.3) is 11.5 Å². The molecule has 4 aromatic rings. The number of halogens is 2. The van der Waals surface area contributed by atoms with Crippen molar-refractivity contribution >= 4 is 66.3 Å². The number of nitro benzene ring substituents is 1. The molecule has 216 valence electrons. The molecule has 1 N–H and O–H groups in total. The van der Waals surface area contributed by atoms with Crippen LogP contribution in [0, 0.1) is 17.0 Å². The van der Waals surface area contributed by atoms with Crippen LogP contribution in [0.15, 0.2) is 73.4 Å². The molecule has 1 saturated carbocycles. The molecule has 1 aliphatic rings. The first kappa shape index (κ1) is 29.6. The number of anilines is 1. The summed E-state index contributed by atoms with van der Waals surface area (Å²) in [4.78, 5) is 42.2. The Morgan fingerprint density at radius 3 is 2.67 bits per heavy atom. The molecule has 0 saturated heterocycles. The minimum atomic E-state index is -0.592. The van der Waals surface area contributed by atoms with Crippen molar-refractivity contribution in [1.29, 1.82) is 0 Å². The van der Waals surface area contributed by atoms with Crippen molar-refractivity contribution in [1.82, 2.24) is 9.66 Å². The van der Waals surface area contributed by atoms with E-state index in [1.807, 2.05) is 31.2 Å². The van der Waals surface area contributed by atoms with Gasteiger partial charge in [-0.05, 0) is 71.6 Å². The summed E-state index contributed by atoms with van der Waals surface area (Å²) < 4.78 is 7.91. The van der Waals surface area contributed by atoms with Crippen LogP contribution in [0.1, 0.15) is 55.0 Å². The van der Waals surface area contributed by atoms with Gasteiger partial charge < -0.3 is 10.1 Å². The molecule has 3 aromatic carbocycles. The lowest BCUT2D eigenvalue weighted by atomic mass is 9.88. The van der Waals surface area contributed by atoms with Crippen molar-refractivity contribution in [3.63, 3.8) is 0 Å². The Morgan fingerprint density at radius 2 is 1.93 bits per heavy atom. The molecule has 0 atom stereocenters. The fourth-order valence-electron chi connectivity index (χ4n) is 5.02. The number of nitro groups is 1. The van der Waals surface area contributed by atoms with E-state index in [2.05, 4.69) is 42.3 Å². The van der Waals surface area contributed by atoms with Gasteiger partial charge in [0.2, 0.25) is 5.75 Å². The van der Waals surface area contributed by atoms with E-state index in [9.17, 15) is 19.7 Å². The van der Waals surface area contributed by atoms with E-state index >= 15 is 0 Å². The van der Waals surface area contributed by atoms with Crippen LogP contribution < -0.4 is 15.6 Å². The smallest absolute Gasteiger partial charge is 0.312 e. The molecule has 12 heteroatoms. The second-order valence-corrected chi connectivity index (χ2v) is 11.9. The quantitative estimate of drug-likeness (QED) is 0.119. The number of aromatic nitrogens is 2. The van der Waals surface area contributed by atoms with Crippen LogP contribution in [0.25, 0.3) is 10.9 Å². The summed E-state index contributed by atoms with van der Waals surface area (Å²) in [7, 11) is 0. The highest BCUT2D eigenvalue weighted by Crippen LogP contribution is 2.36. The average Bonchev–Trinajstić information content (AvgIpc) is 2.97. The number of ether oxygens (including phenoxy) is 1. The van der Waals surface area contributed by atoms with E-state index in [1.165, 1.54) is 17.0 Å². The molecule has 0 spiro atoms. The molecule has 1 amide bonds. The summed E-state index contributed by atoms with van der Waals surface area (Å²) in [5.74, 6) is 0.119. The van der Waals surface area contributed by atoms with Crippen molar-refractivity contribution in [2.45, 2.75) is 44.9 Å². The maximum Gasteiger partial charge on any atom is 0.312 e. The highest BCUT2D eigenvalue weighted by molar-refractivity contribution is 9.10. The first-order chi connectivity index (χ1) is 20.2. The Balaban J connectivity index is 1.45. The zero-order chi connectivity index (χ0) is 29.8. The van der Waals surface area contributed by atoms with Crippen molar-refractivity contribution in [3.05, 3.63) is 101 Å². The van der Waals surface area contributed by atoms with Gasteiger partial charge in [-0.1, -0.05) is 53.4 Å². The third-order valence-electron chi connectivity index (χ3n) is 7.14. The Labute approximate surface area is 258 Å². The topological polar surface area (TPSA) is 129 Å². The monoisotopic (exact) mass is 695 g/mol. The molecule has 5 rings (SSSR count). The highest BCUT2D eigenvalue weighted by atomic mass is 79.9. The van der Waals surface area contributed by atoms with E-state index in [1.54, 1.807) is 24.3 Å². The second kappa shape index (κ2) is 13.0. The largest absolute Gasteiger partial charge is 0.476 e. The van der Waals surface area contributed by atoms with Crippen molar-refractivity contribution in [3.8, 4) is 5.75 Å². The lowest BCUT2D eigenvalue weighted by molar-refractivity contribution is -0.385. The number of para-hydroxylation sites is 1. The number of rotatable bonds is 8. The Bertz CT molecular complexity index is 1770. The van der Waals surface area contributed by atoms with E-state index in [-0.39, 0.29) is 27.4 Å². The second-order valence-electron chi connectivity index (χ2n) is 10.1. The fraction of sp³-hybridized carbons (Fsp3) is 0.267. The highest BCUT2D eigenvalue weighted by Gasteiger charge is 2.24. The Morgan fingerprint density at radius 1 is 1.17 bits per heavy atom. The Hall–Kier alpha value is -3.90. The summed E-state index contributed by atoms with van der Waals surface area (Å²) in [5, 5.41) is 19.6. The molecule has 1 aromatic heterocycles. The van der Waals surface area contributed by atoms with E-state index in [0.29, 0.717) is 28.0 Å². The third kappa shape index (κ3) is 6.60. The summed E-state index contributed by atoms with van der Waals surface area (Å²) in [6.45, 7) is 1.43. The van der Waals surface area contributed by atoms with Gasteiger partial charge in [0.15, 0.2) is 6.61 Å². The van der Waals surface area contributed by atoms with Gasteiger partial charge in [-0.2, -0.15) is 9.78 Å². The number of carbonyl (C=O) groups excluding carboxylic acids is 1. The molecule has 42 heavy (non-hydrogen) atoms. The molecule has 0 unspecified atom stereocenters. The molecule has 1 fully saturated rings. The van der Waals surface area contributed by atoms with Gasteiger partial charge in [-0.15, -0.1) is 0 Å². The van der Waals surface area contributed by atoms with Crippen LogP contribution >= 0.6 is 31.9 Å². The molecule has 1 aliphatic carbocycles. The van der Waals surface area contributed by atoms with E-state index < -0.39 is 17.4 Å². The maximum absolute atomic E-state index is 13.6. The summed E-state index contributed by atoms with van der Waals surface area (Å²) in [6, 6.07) is 15.5. The van der Waals surface area contributed by atoms with Crippen molar-refractivity contribution in [2.75, 3.05) is 11.9 Å². The lowest BCUT2D eigenvalue weighted by Gasteiger charge is -2.22. The third-order valence-corrected chi connectivity index (χ3v) is 8.22. The molecule has 0 aliphatic heterocycles. The van der Waals surface area contributed by atoms with Crippen molar-refractivity contribution < 1.29 is 14.5 Å². The summed E-state index contributed by atoms with van der Waals surface area (Å²) >= 11 is 6.76. The number of carbonyl (C=O) groups is 1. The van der Waals surface area contributed by atoms with E-state index in [0.717, 1.165) is 42.1 Å².